The summed E-state index contributed by atoms with van der Waals surface area (Å²) in [7, 11) is 0. The standard InChI is InChI=1S/C13H20N6O/c1-3-11(13-15-7-10(2)17-13)18-12(20)5-4-6-19-9-14-8-16-19/h7-9,11H,3-6H2,1-2H3,(H,15,17)(H,18,20)/t11-/m0/s1. The Bertz CT molecular complexity index is 533. The van der Waals surface area contributed by atoms with Gasteiger partial charge >= 0.3 is 0 Å². The van der Waals surface area contributed by atoms with Gasteiger partial charge < -0.3 is 10.3 Å². The number of carbonyl (C=O) groups excluding carboxylic acids is 1. The number of hydrogen-bond acceptors (Lipinski definition) is 4. The molecule has 0 aliphatic heterocycles. The molecule has 0 saturated heterocycles. The number of hydrogen-bond donors (Lipinski definition) is 2. The molecule has 2 aromatic heterocycles. The monoisotopic (exact) mass is 276 g/mol. The van der Waals surface area contributed by atoms with E-state index in [0.717, 1.165) is 24.4 Å². The molecular weight excluding hydrogens is 256 g/mol. The van der Waals surface area contributed by atoms with Crippen molar-refractivity contribution in [2.75, 3.05) is 0 Å². The highest BCUT2D eigenvalue weighted by Gasteiger charge is 2.15. The molecule has 0 unspecified atom stereocenters. The summed E-state index contributed by atoms with van der Waals surface area (Å²) in [6.45, 7) is 4.67. The highest BCUT2D eigenvalue weighted by Crippen LogP contribution is 2.13. The number of amides is 1. The molecule has 0 fully saturated rings. The Hall–Kier alpha value is -2.18. The first-order valence-corrected chi connectivity index (χ1v) is 6.82. The number of aryl methyl sites for hydroxylation is 2. The van der Waals surface area contributed by atoms with Crippen molar-refractivity contribution in [3.05, 3.63) is 30.4 Å². The number of aromatic amines is 1. The van der Waals surface area contributed by atoms with Crippen LogP contribution in [0.25, 0.3) is 0 Å². The van der Waals surface area contributed by atoms with Crippen LogP contribution in [-0.4, -0.2) is 30.6 Å². The van der Waals surface area contributed by atoms with Gasteiger partial charge in [-0.1, -0.05) is 6.92 Å². The molecule has 2 N–H and O–H groups in total. The van der Waals surface area contributed by atoms with Gasteiger partial charge in [0.05, 0.1) is 6.04 Å². The summed E-state index contributed by atoms with van der Waals surface area (Å²) in [4.78, 5) is 23.2. The molecule has 2 heterocycles. The van der Waals surface area contributed by atoms with Gasteiger partial charge in [-0.2, -0.15) is 5.10 Å². The van der Waals surface area contributed by atoms with Gasteiger partial charge in [-0.25, -0.2) is 9.97 Å². The Balaban J connectivity index is 1.77. The minimum Gasteiger partial charge on any atom is -0.346 e. The van der Waals surface area contributed by atoms with Crippen molar-refractivity contribution < 1.29 is 4.79 Å². The molecule has 0 aromatic carbocycles. The van der Waals surface area contributed by atoms with E-state index >= 15 is 0 Å². The van der Waals surface area contributed by atoms with Crippen molar-refractivity contribution in [1.82, 2.24) is 30.0 Å². The Kier molecular flexibility index (Phi) is 4.86. The predicted molar refractivity (Wildman–Crippen MR) is 73.8 cm³/mol. The zero-order valence-electron chi connectivity index (χ0n) is 11.8. The maximum atomic E-state index is 11.9. The summed E-state index contributed by atoms with van der Waals surface area (Å²) in [6.07, 6.45) is 6.93. The predicted octanol–water partition coefficient (Wildman–Crippen LogP) is 1.36. The quantitative estimate of drug-likeness (QED) is 0.799. The molecule has 1 amide bonds. The Morgan fingerprint density at radius 1 is 1.55 bits per heavy atom. The SMILES string of the molecule is CC[C@H](NC(=O)CCCn1cncn1)c1ncc(C)[nH]1. The minimum absolute atomic E-state index is 0.0334. The van der Waals surface area contributed by atoms with E-state index in [1.807, 2.05) is 13.8 Å². The van der Waals surface area contributed by atoms with Gasteiger partial charge in [0.15, 0.2) is 0 Å². The fourth-order valence-electron chi connectivity index (χ4n) is 1.99. The summed E-state index contributed by atoms with van der Waals surface area (Å²) in [5.74, 6) is 0.848. The second-order valence-corrected chi connectivity index (χ2v) is 4.74. The molecule has 20 heavy (non-hydrogen) atoms. The lowest BCUT2D eigenvalue weighted by Crippen LogP contribution is -2.28. The highest BCUT2D eigenvalue weighted by atomic mass is 16.1. The molecule has 2 aromatic rings. The van der Waals surface area contributed by atoms with Crippen LogP contribution in [0.4, 0.5) is 0 Å². The lowest BCUT2D eigenvalue weighted by Gasteiger charge is -2.14. The van der Waals surface area contributed by atoms with E-state index in [9.17, 15) is 4.79 Å². The maximum absolute atomic E-state index is 11.9. The highest BCUT2D eigenvalue weighted by molar-refractivity contribution is 5.76. The average molecular weight is 276 g/mol. The van der Waals surface area contributed by atoms with Crippen LogP contribution in [0.2, 0.25) is 0 Å². The topological polar surface area (TPSA) is 88.5 Å². The van der Waals surface area contributed by atoms with Crippen molar-refractivity contribution >= 4 is 5.91 Å². The number of nitrogens with zero attached hydrogens (tertiary/aromatic N) is 4. The van der Waals surface area contributed by atoms with Crippen LogP contribution in [0, 0.1) is 6.92 Å². The lowest BCUT2D eigenvalue weighted by molar-refractivity contribution is -0.122. The van der Waals surface area contributed by atoms with Crippen LogP contribution in [0.1, 0.15) is 43.7 Å². The molecule has 1 atom stereocenters. The van der Waals surface area contributed by atoms with E-state index in [0.29, 0.717) is 13.0 Å². The van der Waals surface area contributed by atoms with E-state index in [1.54, 1.807) is 17.2 Å². The van der Waals surface area contributed by atoms with Gasteiger partial charge in [0.25, 0.3) is 0 Å². The Morgan fingerprint density at radius 3 is 3.00 bits per heavy atom. The maximum Gasteiger partial charge on any atom is 0.220 e. The third kappa shape index (κ3) is 3.91. The molecule has 0 aliphatic rings. The summed E-state index contributed by atoms with van der Waals surface area (Å²) in [6, 6.07) is -0.0532. The molecule has 0 spiro atoms. The van der Waals surface area contributed by atoms with E-state index < -0.39 is 0 Å². The summed E-state index contributed by atoms with van der Waals surface area (Å²) in [5.41, 5.74) is 0.999. The number of carbonyl (C=O) groups is 1. The average Bonchev–Trinajstić information content (AvgIpc) is 3.07. The molecule has 0 aliphatic carbocycles. The van der Waals surface area contributed by atoms with Crippen LogP contribution >= 0.6 is 0 Å². The van der Waals surface area contributed by atoms with Crippen LogP contribution in [0.3, 0.4) is 0 Å². The fourth-order valence-corrected chi connectivity index (χ4v) is 1.99. The van der Waals surface area contributed by atoms with Gasteiger partial charge in [-0.15, -0.1) is 0 Å². The largest absolute Gasteiger partial charge is 0.346 e. The van der Waals surface area contributed by atoms with Crippen molar-refractivity contribution in [3.8, 4) is 0 Å². The smallest absolute Gasteiger partial charge is 0.220 e. The normalized spacial score (nSPS) is 12.3. The first-order valence-electron chi connectivity index (χ1n) is 6.82. The van der Waals surface area contributed by atoms with Crippen molar-refractivity contribution in [3.63, 3.8) is 0 Å². The lowest BCUT2D eigenvalue weighted by atomic mass is 10.2. The molecular formula is C13H20N6O. The summed E-state index contributed by atoms with van der Waals surface area (Å²) in [5, 5.41) is 7.00. The van der Waals surface area contributed by atoms with E-state index in [2.05, 4.69) is 25.4 Å². The van der Waals surface area contributed by atoms with Gasteiger partial charge in [0, 0.05) is 24.9 Å². The van der Waals surface area contributed by atoms with Crippen LogP contribution in [0.15, 0.2) is 18.9 Å². The second-order valence-electron chi connectivity index (χ2n) is 4.74. The Labute approximate surface area is 117 Å². The van der Waals surface area contributed by atoms with Gasteiger partial charge in [0.2, 0.25) is 5.91 Å². The van der Waals surface area contributed by atoms with Crippen LogP contribution in [0.5, 0.6) is 0 Å². The van der Waals surface area contributed by atoms with Crippen LogP contribution < -0.4 is 5.32 Å². The molecule has 0 radical (unpaired) electrons. The molecule has 2 rings (SSSR count). The molecule has 0 saturated carbocycles. The number of aromatic nitrogens is 5. The molecule has 7 nitrogen and oxygen atoms in total. The van der Waals surface area contributed by atoms with Gasteiger partial charge in [0.1, 0.15) is 18.5 Å². The molecule has 7 heteroatoms. The van der Waals surface area contributed by atoms with E-state index in [1.165, 1.54) is 6.33 Å². The minimum atomic E-state index is -0.0532. The van der Waals surface area contributed by atoms with Gasteiger partial charge in [-0.3, -0.25) is 9.48 Å². The first kappa shape index (κ1) is 14.2. The number of rotatable bonds is 7. The van der Waals surface area contributed by atoms with Crippen molar-refractivity contribution in [2.45, 2.75) is 45.7 Å². The first-order chi connectivity index (χ1) is 9.69. The molecule has 108 valence electrons. The van der Waals surface area contributed by atoms with Gasteiger partial charge in [-0.05, 0) is 19.8 Å². The fraction of sp³-hybridized carbons (Fsp3) is 0.538. The van der Waals surface area contributed by atoms with Crippen LogP contribution in [-0.2, 0) is 11.3 Å². The Morgan fingerprint density at radius 2 is 2.40 bits per heavy atom. The number of H-pyrrole nitrogens is 1. The summed E-state index contributed by atoms with van der Waals surface area (Å²) >= 11 is 0. The van der Waals surface area contributed by atoms with E-state index in [4.69, 9.17) is 0 Å². The third-order valence-electron chi connectivity index (χ3n) is 3.05. The number of imidazole rings is 1. The summed E-state index contributed by atoms with van der Waals surface area (Å²) < 4.78 is 1.72. The number of nitrogens with one attached hydrogen (secondary N) is 2. The third-order valence-corrected chi connectivity index (χ3v) is 3.05. The zero-order valence-corrected chi connectivity index (χ0v) is 11.8. The van der Waals surface area contributed by atoms with E-state index in [-0.39, 0.29) is 11.9 Å². The van der Waals surface area contributed by atoms with Crippen molar-refractivity contribution in [2.24, 2.45) is 0 Å². The van der Waals surface area contributed by atoms with Crippen molar-refractivity contribution in [1.29, 1.82) is 0 Å². The zero-order chi connectivity index (χ0) is 14.4. The second kappa shape index (κ2) is 6.83. The molecule has 0 bridgehead atoms.